The van der Waals surface area contributed by atoms with E-state index >= 15 is 0 Å². The van der Waals surface area contributed by atoms with E-state index in [1.54, 1.807) is 0 Å². The molecule has 0 saturated carbocycles. The van der Waals surface area contributed by atoms with Crippen molar-refractivity contribution in [2.75, 3.05) is 28.3 Å². The maximum atomic E-state index is 14.0. The quantitative estimate of drug-likeness (QED) is 0.475. The van der Waals surface area contributed by atoms with Gasteiger partial charge in [0, 0.05) is 37.0 Å². The summed E-state index contributed by atoms with van der Waals surface area (Å²) in [5, 5.41) is 12.3. The predicted molar refractivity (Wildman–Crippen MR) is 142 cm³/mol. The third-order valence-corrected chi connectivity index (χ3v) is 6.09. The Labute approximate surface area is 206 Å². The van der Waals surface area contributed by atoms with Gasteiger partial charge >= 0.3 is 5.91 Å². The molecule has 2 amide bonds. The molecule has 1 aliphatic heterocycles. The van der Waals surface area contributed by atoms with E-state index in [0.29, 0.717) is 17.1 Å². The molecule has 1 unspecified atom stereocenters. The monoisotopic (exact) mass is 469 g/mol. The molecule has 7 nitrogen and oxygen atoms in total. The van der Waals surface area contributed by atoms with E-state index in [1.807, 2.05) is 85.8 Å². The van der Waals surface area contributed by atoms with Gasteiger partial charge in [0.15, 0.2) is 0 Å². The molecular weight excluding hydrogens is 438 g/mol. The lowest BCUT2D eigenvalue weighted by atomic mass is 9.95. The summed E-state index contributed by atoms with van der Waals surface area (Å²) in [5.41, 5.74) is 3.07. The Balaban J connectivity index is 1.81. The van der Waals surface area contributed by atoms with Crippen LogP contribution in [0, 0.1) is 6.92 Å². The number of rotatable bonds is 8. The highest BCUT2D eigenvalue weighted by Crippen LogP contribution is 2.32. The fraction of sp³-hybridized carbons (Fsp3) is 0.250. The van der Waals surface area contributed by atoms with Crippen LogP contribution < -0.4 is 20.5 Å². The number of hydrazone groups is 1. The molecule has 0 saturated heterocycles. The molecule has 0 aliphatic carbocycles. The first kappa shape index (κ1) is 24.0. The van der Waals surface area contributed by atoms with Crippen molar-refractivity contribution in [3.63, 3.8) is 0 Å². The van der Waals surface area contributed by atoms with Gasteiger partial charge in [-0.05, 0) is 57.2 Å². The third-order valence-electron chi connectivity index (χ3n) is 6.09. The molecule has 1 aliphatic rings. The summed E-state index contributed by atoms with van der Waals surface area (Å²) in [7, 11) is 0. The van der Waals surface area contributed by atoms with Crippen molar-refractivity contribution < 1.29 is 9.59 Å². The molecule has 1 atom stereocenters. The van der Waals surface area contributed by atoms with Crippen LogP contribution in [0.5, 0.6) is 0 Å². The Morgan fingerprint density at radius 2 is 1.57 bits per heavy atom. The number of carbonyl (C=O) groups excluding carboxylic acids is 2. The number of anilines is 3. The number of benzene rings is 3. The zero-order chi connectivity index (χ0) is 25.0. The summed E-state index contributed by atoms with van der Waals surface area (Å²) >= 11 is 0. The van der Waals surface area contributed by atoms with Crippen LogP contribution in [0.2, 0.25) is 0 Å². The van der Waals surface area contributed by atoms with Crippen LogP contribution in [-0.2, 0) is 9.59 Å². The van der Waals surface area contributed by atoms with E-state index in [2.05, 4.69) is 29.4 Å². The number of hydrogen-bond acceptors (Lipinski definition) is 5. The minimum atomic E-state index is -1.58. The molecule has 3 aromatic rings. The summed E-state index contributed by atoms with van der Waals surface area (Å²) in [5.74, 6) is -0.734. The highest BCUT2D eigenvalue weighted by Gasteiger charge is 2.53. The van der Waals surface area contributed by atoms with Gasteiger partial charge in [-0.25, -0.2) is 0 Å². The summed E-state index contributed by atoms with van der Waals surface area (Å²) < 4.78 is 0. The number of para-hydroxylation sites is 1. The minimum absolute atomic E-state index is 0.347. The van der Waals surface area contributed by atoms with Gasteiger partial charge in [0.1, 0.15) is 5.71 Å². The zero-order valence-electron chi connectivity index (χ0n) is 20.6. The molecular formula is C28H31N5O2. The lowest BCUT2D eigenvalue weighted by Gasteiger charge is -2.32. The molecule has 0 spiro atoms. The molecule has 2 N–H and O–H groups in total. The molecule has 0 radical (unpaired) electrons. The van der Waals surface area contributed by atoms with Gasteiger partial charge in [-0.2, -0.15) is 10.1 Å². The normalized spacial score (nSPS) is 17.2. The molecule has 4 rings (SSSR count). The lowest BCUT2D eigenvalue weighted by molar-refractivity contribution is -0.127. The second kappa shape index (κ2) is 10.0. The second-order valence-electron chi connectivity index (χ2n) is 8.54. The van der Waals surface area contributed by atoms with E-state index in [-0.39, 0.29) is 11.8 Å². The van der Waals surface area contributed by atoms with Crippen LogP contribution in [0.3, 0.4) is 0 Å². The van der Waals surface area contributed by atoms with Gasteiger partial charge in [0.25, 0.3) is 0 Å². The molecule has 35 heavy (non-hydrogen) atoms. The van der Waals surface area contributed by atoms with Gasteiger partial charge in [-0.3, -0.25) is 9.59 Å². The molecule has 0 aromatic heterocycles. The Morgan fingerprint density at radius 3 is 2.14 bits per heavy atom. The van der Waals surface area contributed by atoms with Crippen LogP contribution in [0.1, 0.15) is 31.9 Å². The highest BCUT2D eigenvalue weighted by molar-refractivity contribution is 6.30. The first-order chi connectivity index (χ1) is 16.9. The number of aryl methyl sites for hydroxylation is 1. The summed E-state index contributed by atoms with van der Waals surface area (Å²) in [6.45, 7) is 9.42. The molecule has 180 valence electrons. The SMILES string of the molecule is CCN(CC)c1ccc(NC2(NC(C)=O)C(=O)N(c3ccccc3)N=C2c2ccc(C)cc2)cc1. The topological polar surface area (TPSA) is 77.0 Å². The van der Waals surface area contributed by atoms with Crippen molar-refractivity contribution in [1.82, 2.24) is 5.32 Å². The van der Waals surface area contributed by atoms with E-state index in [9.17, 15) is 9.59 Å². The molecule has 7 heteroatoms. The molecule has 0 bridgehead atoms. The van der Waals surface area contributed by atoms with Crippen LogP contribution in [0.25, 0.3) is 0 Å². The highest BCUT2D eigenvalue weighted by atomic mass is 16.2. The standard InChI is InChI=1S/C28H31N5O2/c1-5-32(6-2)24-18-16-23(17-19-24)30-28(29-21(4)34)26(22-14-12-20(3)13-15-22)31-33(27(28)35)25-10-8-7-9-11-25/h7-19,30H,5-6H2,1-4H3,(H,29,34). The van der Waals surface area contributed by atoms with Crippen molar-refractivity contribution in [2.45, 2.75) is 33.4 Å². The number of nitrogens with one attached hydrogen (secondary N) is 2. The summed E-state index contributed by atoms with van der Waals surface area (Å²) in [6.07, 6.45) is 0. The van der Waals surface area contributed by atoms with E-state index in [1.165, 1.54) is 11.9 Å². The Hall–Kier alpha value is -4.13. The lowest BCUT2D eigenvalue weighted by Crippen LogP contribution is -2.64. The maximum absolute atomic E-state index is 14.0. The van der Waals surface area contributed by atoms with Gasteiger partial charge in [-0.15, -0.1) is 0 Å². The maximum Gasteiger partial charge on any atom is 0.300 e. The number of carbonyl (C=O) groups is 2. The van der Waals surface area contributed by atoms with Crippen molar-refractivity contribution in [1.29, 1.82) is 0 Å². The zero-order valence-corrected chi connectivity index (χ0v) is 20.6. The second-order valence-corrected chi connectivity index (χ2v) is 8.54. The van der Waals surface area contributed by atoms with Gasteiger partial charge in [-0.1, -0.05) is 48.0 Å². The number of nitrogens with zero attached hydrogens (tertiary/aromatic N) is 3. The van der Waals surface area contributed by atoms with Crippen LogP contribution in [0.4, 0.5) is 17.1 Å². The van der Waals surface area contributed by atoms with E-state index < -0.39 is 5.66 Å². The molecule has 1 heterocycles. The molecule has 3 aromatic carbocycles. The first-order valence-electron chi connectivity index (χ1n) is 11.9. The smallest absolute Gasteiger partial charge is 0.300 e. The van der Waals surface area contributed by atoms with E-state index in [4.69, 9.17) is 5.10 Å². The summed E-state index contributed by atoms with van der Waals surface area (Å²) in [4.78, 5) is 28.7. The fourth-order valence-electron chi connectivity index (χ4n) is 4.29. The summed E-state index contributed by atoms with van der Waals surface area (Å²) in [6, 6.07) is 24.8. The molecule has 0 fully saturated rings. The minimum Gasteiger partial charge on any atom is -0.372 e. The van der Waals surface area contributed by atoms with Crippen molar-refractivity contribution in [3.05, 3.63) is 90.0 Å². The van der Waals surface area contributed by atoms with Gasteiger partial charge in [0.2, 0.25) is 11.6 Å². The predicted octanol–water partition coefficient (Wildman–Crippen LogP) is 4.54. The number of hydrogen-bond donors (Lipinski definition) is 2. The van der Waals surface area contributed by atoms with Crippen LogP contribution in [0.15, 0.2) is 84.0 Å². The van der Waals surface area contributed by atoms with E-state index in [0.717, 1.165) is 29.9 Å². The van der Waals surface area contributed by atoms with Crippen molar-refractivity contribution in [3.8, 4) is 0 Å². The van der Waals surface area contributed by atoms with Gasteiger partial charge < -0.3 is 15.5 Å². The Bertz CT molecular complexity index is 1220. The Kier molecular flexibility index (Phi) is 6.87. The Morgan fingerprint density at radius 1 is 0.943 bits per heavy atom. The fourth-order valence-corrected chi connectivity index (χ4v) is 4.29. The largest absolute Gasteiger partial charge is 0.372 e. The van der Waals surface area contributed by atoms with Crippen molar-refractivity contribution in [2.24, 2.45) is 5.10 Å². The van der Waals surface area contributed by atoms with Gasteiger partial charge in [0.05, 0.1) is 5.69 Å². The third kappa shape index (κ3) is 4.75. The average molecular weight is 470 g/mol. The van der Waals surface area contributed by atoms with Crippen LogP contribution in [-0.4, -0.2) is 36.3 Å². The average Bonchev–Trinajstić information content (AvgIpc) is 3.13. The van der Waals surface area contributed by atoms with Crippen molar-refractivity contribution >= 4 is 34.6 Å². The number of amides is 2. The van der Waals surface area contributed by atoms with Crippen LogP contribution >= 0.6 is 0 Å². The first-order valence-corrected chi connectivity index (χ1v) is 11.9.